The number of rotatable bonds is 7. The van der Waals surface area contributed by atoms with Gasteiger partial charge in [-0.05, 0) is 36.6 Å². The van der Waals surface area contributed by atoms with Gasteiger partial charge in [-0.15, -0.1) is 0 Å². The monoisotopic (exact) mass is 291 g/mol. The molecule has 5 nitrogen and oxygen atoms in total. The summed E-state index contributed by atoms with van der Waals surface area (Å²) in [5.74, 6) is 0.156. The Balaban J connectivity index is 2.62. The van der Waals surface area contributed by atoms with Gasteiger partial charge in [0.1, 0.15) is 0 Å². The van der Waals surface area contributed by atoms with Crippen LogP contribution in [0.15, 0.2) is 24.3 Å². The van der Waals surface area contributed by atoms with Crippen LogP contribution in [-0.4, -0.2) is 18.4 Å². The molecule has 0 fully saturated rings. The molecule has 1 atom stereocenters. The fourth-order valence-electron chi connectivity index (χ4n) is 2.01. The van der Waals surface area contributed by atoms with E-state index < -0.39 is 0 Å². The first-order valence-corrected chi connectivity index (χ1v) is 7.37. The molecule has 116 valence electrons. The van der Waals surface area contributed by atoms with Crippen molar-refractivity contribution in [2.45, 2.75) is 33.6 Å². The van der Waals surface area contributed by atoms with Crippen molar-refractivity contribution < 1.29 is 9.59 Å². The van der Waals surface area contributed by atoms with Gasteiger partial charge in [-0.25, -0.2) is 0 Å². The number of anilines is 2. The minimum atomic E-state index is -0.176. The first kappa shape index (κ1) is 17.2. The number of nitrogens with two attached hydrogens (primary N) is 1. The zero-order chi connectivity index (χ0) is 15.8. The molecule has 0 aliphatic carbocycles. The van der Waals surface area contributed by atoms with Crippen molar-refractivity contribution >= 4 is 23.2 Å². The molecular formula is C16H25N3O2. The van der Waals surface area contributed by atoms with Crippen LogP contribution in [0.2, 0.25) is 0 Å². The Morgan fingerprint density at radius 2 is 1.62 bits per heavy atom. The van der Waals surface area contributed by atoms with Crippen LogP contribution < -0.4 is 16.4 Å². The number of carbonyl (C=O) groups excluding carboxylic acids is 2. The quantitative estimate of drug-likeness (QED) is 0.722. The third kappa shape index (κ3) is 5.95. The van der Waals surface area contributed by atoms with E-state index in [0.29, 0.717) is 24.6 Å². The predicted molar refractivity (Wildman–Crippen MR) is 86.0 cm³/mol. The van der Waals surface area contributed by atoms with Gasteiger partial charge in [0.05, 0.1) is 5.92 Å². The van der Waals surface area contributed by atoms with Gasteiger partial charge in [0, 0.05) is 24.3 Å². The van der Waals surface area contributed by atoms with E-state index in [4.69, 9.17) is 5.73 Å². The molecule has 1 aromatic rings. The van der Waals surface area contributed by atoms with Crippen LogP contribution in [0.1, 0.15) is 33.6 Å². The molecule has 5 heteroatoms. The lowest BCUT2D eigenvalue weighted by Gasteiger charge is -2.17. The highest BCUT2D eigenvalue weighted by atomic mass is 16.2. The van der Waals surface area contributed by atoms with Crippen molar-refractivity contribution in [3.05, 3.63) is 24.3 Å². The van der Waals surface area contributed by atoms with E-state index in [1.54, 1.807) is 31.2 Å². The molecule has 0 radical (unpaired) electrons. The standard InChI is InChI=1S/C16H25N3O2/c1-4-15(20)18-13-5-7-14(8-6-13)19-16(21)12(10-17)9-11(2)3/h5-8,11-12H,4,9-10,17H2,1-3H3,(H,18,20)(H,19,21). The van der Waals surface area contributed by atoms with E-state index in [9.17, 15) is 9.59 Å². The first-order valence-electron chi connectivity index (χ1n) is 7.37. The van der Waals surface area contributed by atoms with E-state index in [1.807, 2.05) is 0 Å². The van der Waals surface area contributed by atoms with Crippen LogP contribution in [0.25, 0.3) is 0 Å². The molecule has 0 bridgehead atoms. The van der Waals surface area contributed by atoms with Gasteiger partial charge in [-0.2, -0.15) is 0 Å². The Bertz CT molecular complexity index is 469. The smallest absolute Gasteiger partial charge is 0.228 e. The summed E-state index contributed by atoms with van der Waals surface area (Å²) in [6, 6.07) is 7.07. The van der Waals surface area contributed by atoms with Crippen molar-refractivity contribution in [1.29, 1.82) is 0 Å². The summed E-state index contributed by atoms with van der Waals surface area (Å²) in [6.07, 6.45) is 1.21. The zero-order valence-corrected chi connectivity index (χ0v) is 13.0. The Labute approximate surface area is 126 Å². The van der Waals surface area contributed by atoms with Gasteiger partial charge < -0.3 is 16.4 Å². The van der Waals surface area contributed by atoms with E-state index in [0.717, 1.165) is 12.1 Å². The largest absolute Gasteiger partial charge is 0.330 e. The summed E-state index contributed by atoms with van der Waals surface area (Å²) in [5, 5.41) is 5.62. The summed E-state index contributed by atoms with van der Waals surface area (Å²) in [7, 11) is 0. The number of hydrogen-bond acceptors (Lipinski definition) is 3. The fourth-order valence-corrected chi connectivity index (χ4v) is 2.01. The molecule has 0 saturated heterocycles. The Kier molecular flexibility index (Phi) is 6.88. The second-order valence-corrected chi connectivity index (χ2v) is 5.53. The van der Waals surface area contributed by atoms with Crippen molar-refractivity contribution in [2.24, 2.45) is 17.6 Å². The zero-order valence-electron chi connectivity index (χ0n) is 13.0. The van der Waals surface area contributed by atoms with Gasteiger partial charge in [-0.1, -0.05) is 20.8 Å². The van der Waals surface area contributed by atoms with E-state index in [1.165, 1.54) is 0 Å². The van der Waals surface area contributed by atoms with E-state index >= 15 is 0 Å². The van der Waals surface area contributed by atoms with Crippen molar-refractivity contribution in [1.82, 2.24) is 0 Å². The molecule has 1 unspecified atom stereocenters. The average molecular weight is 291 g/mol. The lowest BCUT2D eigenvalue weighted by Crippen LogP contribution is -2.30. The summed E-state index contributed by atoms with van der Waals surface area (Å²) in [4.78, 5) is 23.4. The summed E-state index contributed by atoms with van der Waals surface area (Å²) in [6.45, 7) is 6.28. The highest BCUT2D eigenvalue weighted by Gasteiger charge is 2.18. The summed E-state index contributed by atoms with van der Waals surface area (Å²) < 4.78 is 0. The molecule has 0 aliphatic heterocycles. The average Bonchev–Trinajstić information content (AvgIpc) is 2.46. The van der Waals surface area contributed by atoms with Gasteiger partial charge in [0.2, 0.25) is 11.8 Å². The molecule has 4 N–H and O–H groups in total. The molecule has 0 saturated carbocycles. The molecule has 0 aromatic heterocycles. The molecule has 1 aromatic carbocycles. The summed E-state index contributed by atoms with van der Waals surface area (Å²) >= 11 is 0. The SMILES string of the molecule is CCC(=O)Nc1ccc(NC(=O)C(CN)CC(C)C)cc1. The third-order valence-corrected chi connectivity index (χ3v) is 3.17. The Hall–Kier alpha value is -1.88. The van der Waals surface area contributed by atoms with Crippen LogP contribution in [-0.2, 0) is 9.59 Å². The van der Waals surface area contributed by atoms with Gasteiger partial charge in [-0.3, -0.25) is 9.59 Å². The lowest BCUT2D eigenvalue weighted by molar-refractivity contribution is -0.120. The molecule has 2 amide bonds. The van der Waals surface area contributed by atoms with Crippen LogP contribution in [0.4, 0.5) is 11.4 Å². The van der Waals surface area contributed by atoms with E-state index in [-0.39, 0.29) is 17.7 Å². The molecule has 0 aliphatic rings. The Morgan fingerprint density at radius 3 is 2.05 bits per heavy atom. The minimum Gasteiger partial charge on any atom is -0.330 e. The van der Waals surface area contributed by atoms with Crippen LogP contribution >= 0.6 is 0 Å². The molecule has 0 spiro atoms. The maximum atomic E-state index is 12.1. The predicted octanol–water partition coefficient (Wildman–Crippen LogP) is 2.59. The van der Waals surface area contributed by atoms with Crippen molar-refractivity contribution in [2.75, 3.05) is 17.2 Å². The van der Waals surface area contributed by atoms with Gasteiger partial charge >= 0.3 is 0 Å². The van der Waals surface area contributed by atoms with Crippen molar-refractivity contribution in [3.63, 3.8) is 0 Å². The minimum absolute atomic E-state index is 0.0353. The summed E-state index contributed by atoms with van der Waals surface area (Å²) in [5.41, 5.74) is 7.09. The Morgan fingerprint density at radius 1 is 1.10 bits per heavy atom. The molecule has 21 heavy (non-hydrogen) atoms. The molecule has 0 heterocycles. The van der Waals surface area contributed by atoms with Crippen molar-refractivity contribution in [3.8, 4) is 0 Å². The number of amides is 2. The molecular weight excluding hydrogens is 266 g/mol. The maximum absolute atomic E-state index is 12.1. The van der Waals surface area contributed by atoms with Crippen LogP contribution in [0, 0.1) is 11.8 Å². The van der Waals surface area contributed by atoms with Gasteiger partial charge in [0.15, 0.2) is 0 Å². The number of benzene rings is 1. The van der Waals surface area contributed by atoms with Crippen LogP contribution in [0.5, 0.6) is 0 Å². The number of hydrogen-bond donors (Lipinski definition) is 3. The number of carbonyl (C=O) groups is 2. The topological polar surface area (TPSA) is 84.2 Å². The third-order valence-electron chi connectivity index (χ3n) is 3.17. The lowest BCUT2D eigenvalue weighted by atomic mass is 9.96. The van der Waals surface area contributed by atoms with Gasteiger partial charge in [0.25, 0.3) is 0 Å². The fraction of sp³-hybridized carbons (Fsp3) is 0.500. The normalized spacial score (nSPS) is 12.0. The second-order valence-electron chi connectivity index (χ2n) is 5.53. The molecule has 1 rings (SSSR count). The maximum Gasteiger partial charge on any atom is 0.228 e. The highest BCUT2D eigenvalue weighted by molar-refractivity contribution is 5.94. The van der Waals surface area contributed by atoms with E-state index in [2.05, 4.69) is 24.5 Å². The number of nitrogens with one attached hydrogen (secondary N) is 2. The first-order chi connectivity index (χ1) is 9.96. The van der Waals surface area contributed by atoms with Crippen LogP contribution in [0.3, 0.4) is 0 Å². The highest BCUT2D eigenvalue weighted by Crippen LogP contribution is 2.17. The second kappa shape index (κ2) is 8.42.